The maximum Gasteiger partial charge on any atom is 0.493 e. The monoisotopic (exact) mass is 526 g/mol. The lowest BCUT2D eigenvalue weighted by molar-refractivity contribution is -0.199. The molecule has 0 fully saturated rings. The summed E-state index contributed by atoms with van der Waals surface area (Å²) in [5.41, 5.74) is 2.31. The molecule has 0 aliphatic carbocycles. The number of sulfonamides is 1. The smallest absolute Gasteiger partial charge is 0.317 e. The van der Waals surface area contributed by atoms with Crippen molar-refractivity contribution in [1.82, 2.24) is 4.90 Å². The number of nitrogens with zero attached hydrogens (tertiary/aromatic N) is 2. The topological polar surface area (TPSA) is 66.9 Å². The first-order valence-corrected chi connectivity index (χ1v) is 13.5. The minimum absolute atomic E-state index is 0.0950. The van der Waals surface area contributed by atoms with Crippen molar-refractivity contribution in [1.29, 1.82) is 0 Å². The zero-order valence-corrected chi connectivity index (χ0v) is 21.9. The van der Waals surface area contributed by atoms with Crippen LogP contribution in [-0.2, 0) is 37.9 Å². The molecule has 1 heterocycles. The Kier molecular flexibility index (Phi) is 8.40. The zero-order chi connectivity index (χ0) is 26.7. The molecule has 0 radical (unpaired) electrons. The van der Waals surface area contributed by atoms with E-state index in [1.165, 1.54) is 24.3 Å². The summed E-state index contributed by atoms with van der Waals surface area (Å²) in [5, 5.41) is 0. The molecule has 0 aromatic heterocycles. The molecule has 198 valence electrons. The Morgan fingerprint density at radius 1 is 1.00 bits per heavy atom. The van der Waals surface area contributed by atoms with Gasteiger partial charge in [0.2, 0.25) is 0 Å². The normalized spacial score (nSPS) is 15.2. The van der Waals surface area contributed by atoms with Crippen LogP contribution < -0.4 is 4.47 Å². The highest BCUT2D eigenvalue weighted by atomic mass is 32.2. The third-order valence-electron chi connectivity index (χ3n) is 6.77. The second kappa shape index (κ2) is 10.8. The molecule has 0 saturated heterocycles. The number of benzene rings is 2. The van der Waals surface area contributed by atoms with Crippen molar-refractivity contribution in [3.63, 3.8) is 0 Å². The molecule has 0 atom stereocenters. The van der Waals surface area contributed by atoms with E-state index >= 15 is 0 Å². The fourth-order valence-electron chi connectivity index (χ4n) is 4.16. The highest BCUT2D eigenvalue weighted by Crippen LogP contribution is 2.32. The molecule has 36 heavy (non-hydrogen) atoms. The first kappa shape index (κ1) is 28.0. The van der Waals surface area contributed by atoms with Gasteiger partial charge in [-0.1, -0.05) is 50.4 Å². The maximum atomic E-state index is 13.5. The van der Waals surface area contributed by atoms with Gasteiger partial charge in [0.25, 0.3) is 10.0 Å². The third kappa shape index (κ3) is 6.21. The fourth-order valence-corrected chi connectivity index (χ4v) is 5.39. The summed E-state index contributed by atoms with van der Waals surface area (Å²) < 4.78 is 66.3. The summed E-state index contributed by atoms with van der Waals surface area (Å²) in [4.78, 5) is 18.2. The number of hydrogen-bond acceptors (Lipinski definition) is 5. The number of alkyl halides is 3. The van der Waals surface area contributed by atoms with Crippen molar-refractivity contribution >= 4 is 21.7 Å². The van der Waals surface area contributed by atoms with E-state index in [2.05, 4.69) is 16.7 Å². The Hall–Kier alpha value is -2.59. The Morgan fingerprint density at radius 2 is 1.61 bits per heavy atom. The highest BCUT2D eigenvalue weighted by Gasteiger charge is 2.45. The van der Waals surface area contributed by atoms with Gasteiger partial charge >= 0.3 is 12.1 Å². The van der Waals surface area contributed by atoms with Crippen molar-refractivity contribution in [3.05, 3.63) is 59.2 Å². The number of carbonyl (C=O) groups is 1. The van der Waals surface area contributed by atoms with Crippen LogP contribution in [0.25, 0.3) is 0 Å². The van der Waals surface area contributed by atoms with Crippen LogP contribution in [0.15, 0.2) is 47.4 Å². The SMILES string of the molecule is CCCN1CCc2ccc(N(OC(=O)C(F)(F)F)S(=O)(=O)c3ccc(C(C)(C)CC)cc3)cc2CC1. The van der Waals surface area contributed by atoms with E-state index in [0.29, 0.717) is 6.42 Å². The lowest BCUT2D eigenvalue weighted by Crippen LogP contribution is -2.38. The summed E-state index contributed by atoms with van der Waals surface area (Å²) in [5.74, 6) is -2.61. The predicted molar refractivity (Wildman–Crippen MR) is 132 cm³/mol. The lowest BCUT2D eigenvalue weighted by Gasteiger charge is -2.25. The van der Waals surface area contributed by atoms with E-state index in [9.17, 15) is 26.4 Å². The molecule has 0 unspecified atom stereocenters. The summed E-state index contributed by atoms with van der Waals surface area (Å²) in [7, 11) is -4.65. The Labute approximate surface area is 211 Å². The standard InChI is InChI=1S/C26H33F3N2O4S/c1-5-15-30-16-13-19-7-10-22(18-20(19)14-17-30)31(35-24(32)26(27,28)29)36(33,34)23-11-8-21(9-12-23)25(3,4)6-2/h7-12,18H,5-6,13-17H2,1-4H3. The van der Waals surface area contributed by atoms with Crippen LogP contribution in [0.4, 0.5) is 18.9 Å². The molecule has 0 bridgehead atoms. The molecule has 3 rings (SSSR count). The van der Waals surface area contributed by atoms with E-state index in [1.54, 1.807) is 18.2 Å². The van der Waals surface area contributed by atoms with Gasteiger partial charge in [-0.05, 0) is 78.6 Å². The molecule has 0 N–H and O–H groups in total. The average Bonchev–Trinajstić information content (AvgIpc) is 3.03. The van der Waals surface area contributed by atoms with Gasteiger partial charge in [0.15, 0.2) is 0 Å². The van der Waals surface area contributed by atoms with Gasteiger partial charge in [0, 0.05) is 13.1 Å². The fraction of sp³-hybridized carbons (Fsp3) is 0.500. The van der Waals surface area contributed by atoms with Crippen molar-refractivity contribution in [2.24, 2.45) is 0 Å². The van der Waals surface area contributed by atoms with Crippen LogP contribution in [0.2, 0.25) is 0 Å². The number of fused-ring (bicyclic) bond motifs is 1. The Bertz CT molecular complexity index is 1180. The van der Waals surface area contributed by atoms with Crippen LogP contribution >= 0.6 is 0 Å². The summed E-state index contributed by atoms with van der Waals surface area (Å²) in [6, 6.07) is 10.5. The van der Waals surface area contributed by atoms with Crippen molar-refractivity contribution in [3.8, 4) is 0 Å². The van der Waals surface area contributed by atoms with Crippen LogP contribution in [0.5, 0.6) is 0 Å². The molecule has 0 amide bonds. The summed E-state index contributed by atoms with van der Waals surface area (Å²) in [6.07, 6.45) is -2.23. The zero-order valence-electron chi connectivity index (χ0n) is 21.1. The lowest BCUT2D eigenvalue weighted by atomic mass is 9.82. The minimum atomic E-state index is -5.37. The predicted octanol–water partition coefficient (Wildman–Crippen LogP) is 5.40. The van der Waals surface area contributed by atoms with E-state index in [1.807, 2.05) is 20.8 Å². The number of halogens is 3. The molecule has 2 aromatic rings. The van der Waals surface area contributed by atoms with Crippen LogP contribution in [0.3, 0.4) is 0 Å². The molecule has 10 heteroatoms. The second-order valence-electron chi connectivity index (χ2n) is 9.67. The average molecular weight is 527 g/mol. The second-order valence-corrected chi connectivity index (χ2v) is 11.4. The summed E-state index contributed by atoms with van der Waals surface area (Å²) >= 11 is 0. The Morgan fingerprint density at radius 3 is 2.17 bits per heavy atom. The van der Waals surface area contributed by atoms with Crippen LogP contribution in [-0.4, -0.2) is 45.1 Å². The molecule has 6 nitrogen and oxygen atoms in total. The van der Waals surface area contributed by atoms with E-state index in [4.69, 9.17) is 0 Å². The van der Waals surface area contributed by atoms with Gasteiger partial charge in [0.1, 0.15) is 0 Å². The van der Waals surface area contributed by atoms with Gasteiger partial charge in [0.05, 0.1) is 10.6 Å². The van der Waals surface area contributed by atoms with E-state index in [0.717, 1.165) is 55.6 Å². The van der Waals surface area contributed by atoms with Crippen LogP contribution in [0, 0.1) is 0 Å². The molecule has 1 aliphatic heterocycles. The van der Waals surface area contributed by atoms with Crippen LogP contribution in [0.1, 0.15) is 57.2 Å². The van der Waals surface area contributed by atoms with E-state index in [-0.39, 0.29) is 20.5 Å². The molecular weight excluding hydrogens is 493 g/mol. The van der Waals surface area contributed by atoms with Gasteiger partial charge in [-0.15, -0.1) is 0 Å². The molecule has 0 spiro atoms. The van der Waals surface area contributed by atoms with Crippen molar-refractivity contribution < 1.29 is 31.2 Å². The Balaban J connectivity index is 2.02. The molecule has 0 saturated carbocycles. The number of hydrogen-bond donors (Lipinski definition) is 0. The molecule has 2 aromatic carbocycles. The quantitative estimate of drug-likeness (QED) is 0.431. The first-order chi connectivity index (χ1) is 16.8. The van der Waals surface area contributed by atoms with Gasteiger partial charge in [-0.25, -0.2) is 4.79 Å². The van der Waals surface area contributed by atoms with Gasteiger partial charge in [-0.3, -0.25) is 0 Å². The number of rotatable bonds is 8. The maximum absolute atomic E-state index is 13.5. The third-order valence-corrected chi connectivity index (χ3v) is 8.36. The van der Waals surface area contributed by atoms with Gasteiger partial charge < -0.3 is 9.74 Å². The molecular formula is C26H33F3N2O4S. The minimum Gasteiger partial charge on any atom is -0.317 e. The summed E-state index contributed by atoms with van der Waals surface area (Å²) in [6.45, 7) is 10.6. The highest BCUT2D eigenvalue weighted by molar-refractivity contribution is 7.92. The van der Waals surface area contributed by atoms with E-state index < -0.39 is 22.2 Å². The van der Waals surface area contributed by atoms with Crippen molar-refractivity contribution in [2.75, 3.05) is 24.1 Å². The molecule has 1 aliphatic rings. The number of anilines is 1. The van der Waals surface area contributed by atoms with Crippen molar-refractivity contribution in [2.45, 2.75) is 69.9 Å². The number of carbonyl (C=O) groups excluding carboxylic acids is 1. The van der Waals surface area contributed by atoms with Gasteiger partial charge in [-0.2, -0.15) is 21.6 Å². The first-order valence-electron chi connectivity index (χ1n) is 12.1. The largest absolute Gasteiger partial charge is 0.493 e.